The van der Waals surface area contributed by atoms with Crippen LogP contribution in [0.1, 0.15) is 23.0 Å². The van der Waals surface area contributed by atoms with Gasteiger partial charge in [-0.05, 0) is 43.3 Å². The Morgan fingerprint density at radius 2 is 2.00 bits per heavy atom. The van der Waals surface area contributed by atoms with Crippen molar-refractivity contribution in [2.24, 2.45) is 0 Å². The molecule has 0 saturated heterocycles. The van der Waals surface area contributed by atoms with Gasteiger partial charge in [-0.25, -0.2) is 9.37 Å². The number of ether oxygens (including phenoxy) is 1. The fourth-order valence-corrected chi connectivity index (χ4v) is 3.11. The molecule has 7 heteroatoms. The maximum Gasteiger partial charge on any atom is 0.312 e. The maximum atomic E-state index is 12.9. The molecule has 0 saturated carbocycles. The van der Waals surface area contributed by atoms with Crippen molar-refractivity contribution in [2.75, 3.05) is 0 Å². The van der Waals surface area contributed by atoms with Gasteiger partial charge in [0.25, 0.3) is 0 Å². The zero-order valence-electron chi connectivity index (χ0n) is 13.9. The number of rotatable bonds is 6. The Labute approximate surface area is 153 Å². The highest BCUT2D eigenvalue weighted by Gasteiger charge is 2.20. The van der Waals surface area contributed by atoms with E-state index in [9.17, 15) is 14.0 Å². The number of carbonyl (C=O) groups is 2. The molecule has 2 aromatic heterocycles. The van der Waals surface area contributed by atoms with Crippen LogP contribution in [0.15, 0.2) is 54.2 Å². The third-order valence-electron chi connectivity index (χ3n) is 3.59. The first-order valence-electron chi connectivity index (χ1n) is 7.87. The first-order chi connectivity index (χ1) is 12.5. The minimum atomic E-state index is -0.954. The molecule has 3 aromatic rings. The average Bonchev–Trinajstić information content (AvgIpc) is 3.10. The average molecular weight is 370 g/mol. The van der Waals surface area contributed by atoms with Crippen LogP contribution in [0.25, 0.3) is 10.6 Å². The Bertz CT molecular complexity index is 910. The lowest BCUT2D eigenvalue weighted by molar-refractivity contribution is -0.145. The van der Waals surface area contributed by atoms with Gasteiger partial charge in [-0.1, -0.05) is 0 Å². The molecule has 2 heterocycles. The van der Waals surface area contributed by atoms with Crippen LogP contribution in [0.2, 0.25) is 0 Å². The van der Waals surface area contributed by atoms with Gasteiger partial charge in [0.2, 0.25) is 5.78 Å². The van der Waals surface area contributed by atoms with E-state index in [-0.39, 0.29) is 12.2 Å². The highest BCUT2D eigenvalue weighted by Crippen LogP contribution is 2.23. The van der Waals surface area contributed by atoms with E-state index < -0.39 is 17.9 Å². The van der Waals surface area contributed by atoms with E-state index in [2.05, 4.69) is 9.97 Å². The number of Topliss-reactive ketones (excluding diaryl/α,β-unsaturated/α-hetero) is 1. The number of thiazole rings is 1. The molecule has 0 amide bonds. The van der Waals surface area contributed by atoms with Crippen LogP contribution >= 0.6 is 11.3 Å². The summed E-state index contributed by atoms with van der Waals surface area (Å²) < 4.78 is 18.1. The number of esters is 1. The Hall–Kier alpha value is -2.93. The van der Waals surface area contributed by atoms with Crippen LogP contribution in [0.5, 0.6) is 0 Å². The number of halogens is 1. The molecule has 1 aromatic carbocycles. The van der Waals surface area contributed by atoms with E-state index in [0.717, 1.165) is 10.6 Å². The second-order valence-electron chi connectivity index (χ2n) is 5.57. The highest BCUT2D eigenvalue weighted by atomic mass is 32.1. The molecule has 0 unspecified atom stereocenters. The SMILES string of the molecule is C[C@@H](OC(=O)Cc1csc(-c2cccnc2)n1)C(=O)c1ccc(F)cc1. The number of aromatic nitrogens is 2. The summed E-state index contributed by atoms with van der Waals surface area (Å²) in [5.74, 6) is -1.36. The summed E-state index contributed by atoms with van der Waals surface area (Å²) in [4.78, 5) is 32.7. The molecule has 26 heavy (non-hydrogen) atoms. The van der Waals surface area contributed by atoms with E-state index in [0.29, 0.717) is 11.3 Å². The molecule has 0 aliphatic carbocycles. The van der Waals surface area contributed by atoms with Crippen LogP contribution < -0.4 is 0 Å². The second kappa shape index (κ2) is 7.97. The summed E-state index contributed by atoms with van der Waals surface area (Å²) in [6.07, 6.45) is 2.39. The van der Waals surface area contributed by atoms with E-state index in [1.165, 1.54) is 42.5 Å². The van der Waals surface area contributed by atoms with Gasteiger partial charge < -0.3 is 4.74 Å². The van der Waals surface area contributed by atoms with Gasteiger partial charge in [0.1, 0.15) is 10.8 Å². The molecule has 0 aliphatic rings. The predicted octanol–water partition coefficient (Wildman–Crippen LogP) is 3.70. The molecule has 3 rings (SSSR count). The van der Waals surface area contributed by atoms with E-state index in [1.807, 2.05) is 12.1 Å². The second-order valence-corrected chi connectivity index (χ2v) is 6.42. The Kier molecular flexibility index (Phi) is 5.48. The largest absolute Gasteiger partial charge is 0.454 e. The van der Waals surface area contributed by atoms with Gasteiger partial charge in [0, 0.05) is 28.9 Å². The number of ketones is 1. The summed E-state index contributed by atoms with van der Waals surface area (Å²) in [5, 5.41) is 2.53. The summed E-state index contributed by atoms with van der Waals surface area (Å²) >= 11 is 1.41. The van der Waals surface area contributed by atoms with Gasteiger partial charge >= 0.3 is 5.97 Å². The first kappa shape index (κ1) is 17.9. The topological polar surface area (TPSA) is 69.2 Å². The molecular formula is C19H15FN2O3S. The number of nitrogens with zero attached hydrogens (tertiary/aromatic N) is 2. The van der Waals surface area contributed by atoms with Crippen molar-refractivity contribution in [3.05, 3.63) is 71.2 Å². The first-order valence-corrected chi connectivity index (χ1v) is 8.75. The van der Waals surface area contributed by atoms with Crippen LogP contribution in [-0.2, 0) is 16.0 Å². The predicted molar refractivity (Wildman–Crippen MR) is 95.3 cm³/mol. The number of carbonyl (C=O) groups excluding carboxylic acids is 2. The minimum absolute atomic E-state index is 0.0300. The van der Waals surface area contributed by atoms with Gasteiger partial charge in [0.05, 0.1) is 12.1 Å². The van der Waals surface area contributed by atoms with Crippen molar-refractivity contribution in [2.45, 2.75) is 19.4 Å². The van der Waals surface area contributed by atoms with Crippen molar-refractivity contribution >= 4 is 23.1 Å². The standard InChI is InChI=1S/C19H15FN2O3S/c1-12(18(24)13-4-6-15(20)7-5-13)25-17(23)9-16-11-26-19(22-16)14-3-2-8-21-10-14/h2-8,10-12H,9H2,1H3/t12-/m1/s1. The van der Waals surface area contributed by atoms with Crippen molar-refractivity contribution < 1.29 is 18.7 Å². The number of benzene rings is 1. The monoisotopic (exact) mass is 370 g/mol. The fraction of sp³-hybridized carbons (Fsp3) is 0.158. The molecular weight excluding hydrogens is 355 g/mol. The third-order valence-corrected chi connectivity index (χ3v) is 4.53. The lowest BCUT2D eigenvalue weighted by atomic mass is 10.1. The number of hydrogen-bond acceptors (Lipinski definition) is 6. The smallest absolute Gasteiger partial charge is 0.312 e. The molecule has 0 radical (unpaired) electrons. The molecule has 0 bridgehead atoms. The van der Waals surface area contributed by atoms with E-state index in [1.54, 1.807) is 17.8 Å². The molecule has 1 atom stereocenters. The fourth-order valence-electron chi connectivity index (χ4n) is 2.30. The minimum Gasteiger partial charge on any atom is -0.454 e. The lowest BCUT2D eigenvalue weighted by Gasteiger charge is -2.11. The number of hydrogen-bond donors (Lipinski definition) is 0. The molecule has 5 nitrogen and oxygen atoms in total. The van der Waals surface area contributed by atoms with E-state index >= 15 is 0 Å². The van der Waals surface area contributed by atoms with E-state index in [4.69, 9.17) is 4.74 Å². The Balaban J connectivity index is 1.59. The molecule has 132 valence electrons. The van der Waals surface area contributed by atoms with Crippen LogP contribution in [0, 0.1) is 5.82 Å². The molecule has 0 N–H and O–H groups in total. The maximum absolute atomic E-state index is 12.9. The number of pyridine rings is 1. The van der Waals surface area contributed by atoms with Crippen molar-refractivity contribution in [3.63, 3.8) is 0 Å². The molecule has 0 aliphatic heterocycles. The van der Waals surface area contributed by atoms with Gasteiger partial charge in [-0.2, -0.15) is 0 Å². The van der Waals surface area contributed by atoms with Crippen molar-refractivity contribution in [1.29, 1.82) is 0 Å². The van der Waals surface area contributed by atoms with Crippen LogP contribution in [-0.4, -0.2) is 27.8 Å². The van der Waals surface area contributed by atoms with Gasteiger partial charge in [-0.3, -0.25) is 14.6 Å². The zero-order valence-corrected chi connectivity index (χ0v) is 14.7. The quantitative estimate of drug-likeness (QED) is 0.489. The Morgan fingerprint density at radius 1 is 1.23 bits per heavy atom. The summed E-state index contributed by atoms with van der Waals surface area (Å²) in [6, 6.07) is 8.81. The zero-order chi connectivity index (χ0) is 18.5. The summed E-state index contributed by atoms with van der Waals surface area (Å²) in [7, 11) is 0. The molecule has 0 spiro atoms. The van der Waals surface area contributed by atoms with Gasteiger partial charge in [-0.15, -0.1) is 11.3 Å². The summed E-state index contributed by atoms with van der Waals surface area (Å²) in [6.45, 7) is 1.49. The molecule has 0 fully saturated rings. The van der Waals surface area contributed by atoms with Crippen molar-refractivity contribution in [3.8, 4) is 10.6 Å². The van der Waals surface area contributed by atoms with Crippen LogP contribution in [0.3, 0.4) is 0 Å². The third kappa shape index (κ3) is 4.37. The Morgan fingerprint density at radius 3 is 2.69 bits per heavy atom. The normalized spacial score (nSPS) is 11.8. The summed E-state index contributed by atoms with van der Waals surface area (Å²) in [5.41, 5.74) is 1.73. The lowest BCUT2D eigenvalue weighted by Crippen LogP contribution is -2.25. The van der Waals surface area contributed by atoms with Crippen molar-refractivity contribution in [1.82, 2.24) is 9.97 Å². The highest BCUT2D eigenvalue weighted by molar-refractivity contribution is 7.13. The van der Waals surface area contributed by atoms with Crippen LogP contribution in [0.4, 0.5) is 4.39 Å². The van der Waals surface area contributed by atoms with Gasteiger partial charge in [0.15, 0.2) is 6.10 Å².